The number of rotatable bonds is 5. The van der Waals surface area contributed by atoms with Crippen LogP contribution in [0.15, 0.2) is 42.5 Å². The van der Waals surface area contributed by atoms with E-state index in [1.165, 1.54) is 5.39 Å². The van der Waals surface area contributed by atoms with Gasteiger partial charge in [-0.15, -0.1) is 12.4 Å². The van der Waals surface area contributed by atoms with Crippen LogP contribution in [0.2, 0.25) is 0 Å². The number of hydrogen-bond acceptors (Lipinski definition) is 2. The first-order valence-electron chi connectivity index (χ1n) is 7.43. The van der Waals surface area contributed by atoms with E-state index in [-0.39, 0.29) is 23.9 Å². The van der Waals surface area contributed by atoms with Crippen molar-refractivity contribution in [2.24, 2.45) is 11.7 Å². The lowest BCUT2D eigenvalue weighted by Gasteiger charge is -2.33. The zero-order valence-corrected chi connectivity index (χ0v) is 14.2. The Bertz CT molecular complexity index is 642. The van der Waals surface area contributed by atoms with Crippen molar-refractivity contribution in [3.63, 3.8) is 0 Å². The number of nitrogens with one attached hydrogen (secondary N) is 1. The molecule has 2 aromatic rings. The summed E-state index contributed by atoms with van der Waals surface area (Å²) in [6.07, 6.45) is 0.382. The number of nitrogens with two attached hydrogens (primary N) is 1. The van der Waals surface area contributed by atoms with Crippen molar-refractivity contribution in [2.45, 2.75) is 32.7 Å². The van der Waals surface area contributed by atoms with Gasteiger partial charge in [0, 0.05) is 6.54 Å². The largest absolute Gasteiger partial charge is 0.349 e. The van der Waals surface area contributed by atoms with E-state index in [0.29, 0.717) is 18.9 Å². The van der Waals surface area contributed by atoms with Crippen LogP contribution in [0.25, 0.3) is 10.8 Å². The quantitative estimate of drug-likeness (QED) is 0.888. The maximum absolute atomic E-state index is 12.3. The van der Waals surface area contributed by atoms with Crippen molar-refractivity contribution in [3.05, 3.63) is 48.0 Å². The lowest BCUT2D eigenvalue weighted by Crippen LogP contribution is -2.55. The van der Waals surface area contributed by atoms with Crippen molar-refractivity contribution in [2.75, 3.05) is 6.54 Å². The third kappa shape index (κ3) is 4.21. The molecule has 1 unspecified atom stereocenters. The molecule has 3 N–H and O–H groups in total. The molecular weight excluding hydrogens is 296 g/mol. The van der Waals surface area contributed by atoms with Gasteiger partial charge in [-0.3, -0.25) is 4.79 Å². The molecular formula is C18H25ClN2O. The summed E-state index contributed by atoms with van der Waals surface area (Å²) in [5, 5.41) is 5.43. The summed E-state index contributed by atoms with van der Waals surface area (Å²) >= 11 is 0. The van der Waals surface area contributed by atoms with Gasteiger partial charge in [-0.05, 0) is 29.2 Å². The second-order valence-corrected chi connectivity index (χ2v) is 6.18. The summed E-state index contributed by atoms with van der Waals surface area (Å²) in [4.78, 5) is 12.3. The van der Waals surface area contributed by atoms with E-state index in [1.807, 2.05) is 25.1 Å². The fourth-order valence-electron chi connectivity index (χ4n) is 2.33. The van der Waals surface area contributed by atoms with Crippen LogP contribution in [-0.2, 0) is 11.2 Å². The molecule has 4 heteroatoms. The predicted molar refractivity (Wildman–Crippen MR) is 95.3 cm³/mol. The van der Waals surface area contributed by atoms with Gasteiger partial charge >= 0.3 is 0 Å². The highest BCUT2D eigenvalue weighted by atomic mass is 35.5. The Hall–Kier alpha value is -1.58. The third-order valence-corrected chi connectivity index (χ3v) is 4.30. The Morgan fingerprint density at radius 3 is 2.41 bits per heavy atom. The number of carbonyl (C=O) groups is 1. The highest BCUT2D eigenvalue weighted by molar-refractivity contribution is 5.86. The predicted octanol–water partition coefficient (Wildman–Crippen LogP) is 3.29. The van der Waals surface area contributed by atoms with E-state index in [9.17, 15) is 4.79 Å². The third-order valence-electron chi connectivity index (χ3n) is 4.30. The monoisotopic (exact) mass is 320 g/mol. The van der Waals surface area contributed by atoms with Crippen LogP contribution in [0.4, 0.5) is 0 Å². The fourth-order valence-corrected chi connectivity index (χ4v) is 2.33. The van der Waals surface area contributed by atoms with E-state index in [4.69, 9.17) is 5.73 Å². The Morgan fingerprint density at radius 2 is 1.82 bits per heavy atom. The summed E-state index contributed by atoms with van der Waals surface area (Å²) in [5.41, 5.74) is 6.48. The first-order valence-corrected chi connectivity index (χ1v) is 7.43. The Kier molecular flexibility index (Phi) is 6.39. The molecule has 120 valence electrons. The molecule has 0 bridgehead atoms. The molecule has 0 saturated carbocycles. The average Bonchev–Trinajstić information content (AvgIpc) is 2.46. The highest BCUT2D eigenvalue weighted by Gasteiger charge is 2.28. The molecule has 0 spiro atoms. The maximum atomic E-state index is 12.3. The first kappa shape index (κ1) is 18.5. The summed E-state index contributed by atoms with van der Waals surface area (Å²) in [6.45, 7) is 6.58. The van der Waals surface area contributed by atoms with Crippen LogP contribution < -0.4 is 11.1 Å². The normalized spacial score (nSPS) is 13.5. The molecule has 0 saturated heterocycles. The Labute approximate surface area is 138 Å². The number of benzene rings is 2. The van der Waals surface area contributed by atoms with Gasteiger partial charge in [0.1, 0.15) is 0 Å². The molecule has 2 rings (SSSR count). The van der Waals surface area contributed by atoms with Crippen LogP contribution in [0, 0.1) is 5.92 Å². The van der Waals surface area contributed by atoms with Gasteiger partial charge in [0.25, 0.3) is 0 Å². The topological polar surface area (TPSA) is 55.1 Å². The van der Waals surface area contributed by atoms with Gasteiger partial charge in [-0.2, -0.15) is 0 Å². The molecule has 3 nitrogen and oxygen atoms in total. The molecule has 1 amide bonds. The van der Waals surface area contributed by atoms with Gasteiger partial charge in [0.15, 0.2) is 0 Å². The van der Waals surface area contributed by atoms with Crippen LogP contribution >= 0.6 is 12.4 Å². The summed E-state index contributed by atoms with van der Waals surface area (Å²) < 4.78 is 0. The molecule has 0 aliphatic heterocycles. The second kappa shape index (κ2) is 7.61. The van der Waals surface area contributed by atoms with Gasteiger partial charge in [0.2, 0.25) is 5.91 Å². The average molecular weight is 321 g/mol. The molecule has 0 aromatic heterocycles. The van der Waals surface area contributed by atoms with E-state index in [0.717, 1.165) is 10.9 Å². The number of hydrogen-bond donors (Lipinski definition) is 2. The van der Waals surface area contributed by atoms with Crippen molar-refractivity contribution >= 4 is 29.1 Å². The van der Waals surface area contributed by atoms with E-state index in [1.54, 1.807) is 0 Å². The molecule has 22 heavy (non-hydrogen) atoms. The Balaban J connectivity index is 0.00000242. The summed E-state index contributed by atoms with van der Waals surface area (Å²) in [5.74, 6) is 0.315. The van der Waals surface area contributed by atoms with Crippen molar-refractivity contribution < 1.29 is 4.79 Å². The van der Waals surface area contributed by atoms with E-state index >= 15 is 0 Å². The molecule has 0 aliphatic rings. The van der Waals surface area contributed by atoms with Gasteiger partial charge < -0.3 is 11.1 Å². The van der Waals surface area contributed by atoms with Crippen molar-refractivity contribution in [1.29, 1.82) is 0 Å². The van der Waals surface area contributed by atoms with Gasteiger partial charge in [0.05, 0.1) is 12.0 Å². The van der Waals surface area contributed by atoms with E-state index in [2.05, 4.69) is 43.4 Å². The number of halogens is 1. The highest BCUT2D eigenvalue weighted by Crippen LogP contribution is 2.18. The molecule has 0 radical (unpaired) electrons. The molecule has 1 atom stereocenters. The lowest BCUT2D eigenvalue weighted by atomic mass is 9.88. The van der Waals surface area contributed by atoms with Gasteiger partial charge in [-0.25, -0.2) is 0 Å². The minimum absolute atomic E-state index is 0. The van der Waals surface area contributed by atoms with Crippen LogP contribution in [0.5, 0.6) is 0 Å². The standard InChI is InChI=1S/C18H24N2O.ClH/c1-13(2)18(3,12-19)20-17(21)11-14-8-9-15-6-4-5-7-16(15)10-14;/h4-10,13H,11-12,19H2,1-3H3,(H,20,21);1H. The zero-order chi connectivity index (χ0) is 15.5. The lowest BCUT2D eigenvalue weighted by molar-refractivity contribution is -0.122. The summed E-state index contributed by atoms with van der Waals surface area (Å²) in [6, 6.07) is 14.3. The van der Waals surface area contributed by atoms with Crippen molar-refractivity contribution in [3.8, 4) is 0 Å². The smallest absolute Gasteiger partial charge is 0.224 e. The number of amides is 1. The first-order chi connectivity index (χ1) is 9.94. The molecule has 2 aromatic carbocycles. The van der Waals surface area contributed by atoms with Crippen molar-refractivity contribution in [1.82, 2.24) is 5.32 Å². The van der Waals surface area contributed by atoms with Gasteiger partial charge in [-0.1, -0.05) is 56.3 Å². The summed E-state index contributed by atoms with van der Waals surface area (Å²) in [7, 11) is 0. The molecule has 0 heterocycles. The van der Waals surface area contributed by atoms with E-state index < -0.39 is 0 Å². The number of carbonyl (C=O) groups excluding carboxylic acids is 1. The fraction of sp³-hybridized carbons (Fsp3) is 0.389. The van der Waals surface area contributed by atoms with Crippen LogP contribution in [0.3, 0.4) is 0 Å². The second-order valence-electron chi connectivity index (χ2n) is 6.18. The van der Waals surface area contributed by atoms with Crippen LogP contribution in [-0.4, -0.2) is 18.0 Å². The minimum atomic E-state index is -0.353. The Morgan fingerprint density at radius 1 is 1.18 bits per heavy atom. The zero-order valence-electron chi connectivity index (χ0n) is 13.4. The number of fused-ring (bicyclic) bond motifs is 1. The SMILES string of the molecule is CC(C)C(C)(CN)NC(=O)Cc1ccc2ccccc2c1.Cl. The molecule has 0 fully saturated rings. The molecule has 0 aliphatic carbocycles. The maximum Gasteiger partial charge on any atom is 0.224 e. The minimum Gasteiger partial charge on any atom is -0.349 e. The van der Waals surface area contributed by atoms with Crippen LogP contribution in [0.1, 0.15) is 26.3 Å².